The molecule has 1 aromatic carbocycles. The number of aryl methyl sites for hydroxylation is 3. The minimum Gasteiger partial charge on any atom is -0.361 e. The van der Waals surface area contributed by atoms with Gasteiger partial charge in [-0.25, -0.2) is 4.98 Å². The quantitative estimate of drug-likeness (QED) is 0.345. The maximum atomic E-state index is 14.1. The average molecular weight is 469 g/mol. The van der Waals surface area contributed by atoms with Crippen LogP contribution in [0, 0.1) is 20.8 Å². The standard InChI is InChI=1S/C27H28N6O2/c1-14(2)33(13-22-15(3)6-17(5)31-26(22)34)27(35)21-8-18(9-23-24(21)16(4)10-28-23)19-7-20-12-30-32-25(20)29-11-19/h6-12,14,28H,13H2,1-5H3,(H,31,34)(H,29,30,32). The number of carbonyl (C=O) groups excluding carboxylic acids is 1. The van der Waals surface area contributed by atoms with Crippen molar-refractivity contribution in [1.82, 2.24) is 30.0 Å². The molecule has 0 saturated carbocycles. The van der Waals surface area contributed by atoms with E-state index in [9.17, 15) is 9.59 Å². The Labute approximate surface area is 202 Å². The van der Waals surface area contributed by atoms with E-state index in [0.717, 1.165) is 44.2 Å². The van der Waals surface area contributed by atoms with Crippen molar-refractivity contribution in [3.8, 4) is 11.1 Å². The number of nitrogens with one attached hydrogen (secondary N) is 3. The van der Waals surface area contributed by atoms with Gasteiger partial charge in [-0.1, -0.05) is 0 Å². The molecule has 0 aliphatic rings. The number of amides is 1. The molecule has 0 radical (unpaired) electrons. The molecule has 8 heteroatoms. The molecule has 0 bridgehead atoms. The van der Waals surface area contributed by atoms with Crippen molar-refractivity contribution in [3.05, 3.63) is 81.2 Å². The highest BCUT2D eigenvalue weighted by atomic mass is 16.2. The Kier molecular flexibility index (Phi) is 5.51. The van der Waals surface area contributed by atoms with Crippen LogP contribution in [0.15, 0.2) is 47.7 Å². The van der Waals surface area contributed by atoms with Gasteiger partial charge in [0.1, 0.15) is 0 Å². The molecular weight excluding hydrogens is 440 g/mol. The molecule has 0 unspecified atom stereocenters. The van der Waals surface area contributed by atoms with Crippen LogP contribution in [0.25, 0.3) is 33.1 Å². The number of hydrogen-bond acceptors (Lipinski definition) is 4. The summed E-state index contributed by atoms with van der Waals surface area (Å²) in [6, 6.07) is 7.80. The molecule has 8 nitrogen and oxygen atoms in total. The van der Waals surface area contributed by atoms with Crippen LogP contribution in [0.5, 0.6) is 0 Å². The summed E-state index contributed by atoms with van der Waals surface area (Å²) in [4.78, 5) is 39.2. The first-order valence-corrected chi connectivity index (χ1v) is 11.6. The summed E-state index contributed by atoms with van der Waals surface area (Å²) in [5.41, 5.74) is 7.08. The molecule has 0 atom stereocenters. The predicted octanol–water partition coefficient (Wildman–Crippen LogP) is 4.77. The lowest BCUT2D eigenvalue weighted by atomic mass is 9.97. The van der Waals surface area contributed by atoms with Gasteiger partial charge in [0.2, 0.25) is 0 Å². The van der Waals surface area contributed by atoms with Crippen LogP contribution in [0.3, 0.4) is 0 Å². The summed E-state index contributed by atoms with van der Waals surface area (Å²) in [5, 5.41) is 8.71. The van der Waals surface area contributed by atoms with Gasteiger partial charge in [-0.2, -0.15) is 5.10 Å². The highest BCUT2D eigenvalue weighted by Gasteiger charge is 2.25. The SMILES string of the molecule is Cc1cc(C)c(CN(C(=O)c2cc(-c3cnc4[nH]ncc4c3)cc3[nH]cc(C)c23)C(C)C)c(=O)[nH]1. The number of rotatable bonds is 5. The lowest BCUT2D eigenvalue weighted by Gasteiger charge is -2.28. The smallest absolute Gasteiger partial charge is 0.255 e. The fourth-order valence-corrected chi connectivity index (χ4v) is 4.66. The van der Waals surface area contributed by atoms with E-state index in [1.54, 1.807) is 17.3 Å². The Bertz CT molecular complexity index is 1640. The third kappa shape index (κ3) is 4.01. The third-order valence-electron chi connectivity index (χ3n) is 6.54. The summed E-state index contributed by atoms with van der Waals surface area (Å²) in [6.45, 7) is 9.93. The van der Waals surface area contributed by atoms with Gasteiger partial charge in [0, 0.05) is 57.1 Å². The van der Waals surface area contributed by atoms with Gasteiger partial charge in [-0.3, -0.25) is 14.7 Å². The number of aromatic amines is 3. The molecule has 0 aliphatic carbocycles. The molecule has 0 aliphatic heterocycles. The fourth-order valence-electron chi connectivity index (χ4n) is 4.66. The monoisotopic (exact) mass is 468 g/mol. The van der Waals surface area contributed by atoms with E-state index in [1.165, 1.54) is 0 Å². The molecule has 5 aromatic rings. The van der Waals surface area contributed by atoms with Crippen molar-refractivity contribution in [2.45, 2.75) is 47.2 Å². The molecular formula is C27H28N6O2. The van der Waals surface area contributed by atoms with E-state index in [-0.39, 0.29) is 24.1 Å². The molecule has 4 heterocycles. The van der Waals surface area contributed by atoms with Crippen molar-refractivity contribution in [3.63, 3.8) is 0 Å². The van der Waals surface area contributed by atoms with Crippen LogP contribution in [-0.4, -0.2) is 42.0 Å². The Balaban J connectivity index is 1.63. The first-order chi connectivity index (χ1) is 16.7. The second-order valence-electron chi connectivity index (χ2n) is 9.42. The van der Waals surface area contributed by atoms with Crippen molar-refractivity contribution in [2.75, 3.05) is 0 Å². The van der Waals surface area contributed by atoms with Gasteiger partial charge in [0.05, 0.1) is 12.7 Å². The summed E-state index contributed by atoms with van der Waals surface area (Å²) >= 11 is 0. The minimum atomic E-state index is -0.155. The topological polar surface area (TPSA) is 111 Å². The molecule has 4 aromatic heterocycles. The average Bonchev–Trinajstić information content (AvgIpc) is 3.43. The van der Waals surface area contributed by atoms with Crippen molar-refractivity contribution in [1.29, 1.82) is 0 Å². The molecule has 178 valence electrons. The molecule has 5 rings (SSSR count). The van der Waals surface area contributed by atoms with E-state index in [1.807, 2.05) is 65.1 Å². The molecule has 3 N–H and O–H groups in total. The van der Waals surface area contributed by atoms with Gasteiger partial charge in [0.15, 0.2) is 5.65 Å². The summed E-state index contributed by atoms with van der Waals surface area (Å²) in [7, 11) is 0. The number of carbonyl (C=O) groups is 1. The maximum Gasteiger partial charge on any atom is 0.255 e. The molecule has 35 heavy (non-hydrogen) atoms. The van der Waals surface area contributed by atoms with E-state index in [4.69, 9.17) is 0 Å². The van der Waals surface area contributed by atoms with Crippen molar-refractivity contribution >= 4 is 27.8 Å². The van der Waals surface area contributed by atoms with E-state index < -0.39 is 0 Å². The molecule has 0 fully saturated rings. The van der Waals surface area contributed by atoms with E-state index >= 15 is 0 Å². The molecule has 0 spiro atoms. The van der Waals surface area contributed by atoms with Gasteiger partial charge < -0.3 is 14.9 Å². The van der Waals surface area contributed by atoms with Crippen LogP contribution in [0.2, 0.25) is 0 Å². The first kappa shape index (κ1) is 22.6. The second kappa shape index (κ2) is 8.54. The highest BCUT2D eigenvalue weighted by molar-refractivity contribution is 6.09. The zero-order chi connectivity index (χ0) is 24.9. The van der Waals surface area contributed by atoms with Crippen LogP contribution >= 0.6 is 0 Å². The second-order valence-corrected chi connectivity index (χ2v) is 9.42. The zero-order valence-corrected chi connectivity index (χ0v) is 20.5. The van der Waals surface area contributed by atoms with Gasteiger partial charge in [0.25, 0.3) is 11.5 Å². The number of nitrogens with zero attached hydrogens (tertiary/aromatic N) is 3. The van der Waals surface area contributed by atoms with Gasteiger partial charge >= 0.3 is 0 Å². The Hall–Kier alpha value is -4.20. The van der Waals surface area contributed by atoms with Crippen LogP contribution in [0.1, 0.15) is 46.6 Å². The first-order valence-electron chi connectivity index (χ1n) is 11.6. The molecule has 1 amide bonds. The fraction of sp³-hybridized carbons (Fsp3) is 0.259. The lowest BCUT2D eigenvalue weighted by molar-refractivity contribution is 0.0691. The van der Waals surface area contributed by atoms with E-state index in [0.29, 0.717) is 16.8 Å². The Morgan fingerprint density at radius 1 is 1.03 bits per heavy atom. The number of aromatic nitrogens is 5. The Morgan fingerprint density at radius 3 is 2.57 bits per heavy atom. The van der Waals surface area contributed by atoms with Gasteiger partial charge in [-0.05, 0) is 75.6 Å². The predicted molar refractivity (Wildman–Crippen MR) is 137 cm³/mol. The van der Waals surface area contributed by atoms with Crippen molar-refractivity contribution in [2.24, 2.45) is 0 Å². The number of fused-ring (bicyclic) bond motifs is 2. The number of hydrogen-bond donors (Lipinski definition) is 3. The minimum absolute atomic E-state index is 0.107. The van der Waals surface area contributed by atoms with E-state index in [2.05, 4.69) is 25.1 Å². The summed E-state index contributed by atoms with van der Waals surface area (Å²) in [5.74, 6) is -0.119. The van der Waals surface area contributed by atoms with Crippen LogP contribution in [0.4, 0.5) is 0 Å². The highest BCUT2D eigenvalue weighted by Crippen LogP contribution is 2.31. The van der Waals surface area contributed by atoms with Crippen LogP contribution < -0.4 is 5.56 Å². The van der Waals surface area contributed by atoms with Crippen LogP contribution in [-0.2, 0) is 6.54 Å². The number of benzene rings is 1. The normalized spacial score (nSPS) is 11.6. The maximum absolute atomic E-state index is 14.1. The zero-order valence-electron chi connectivity index (χ0n) is 20.5. The van der Waals surface area contributed by atoms with Gasteiger partial charge in [-0.15, -0.1) is 0 Å². The number of H-pyrrole nitrogens is 3. The number of pyridine rings is 2. The summed E-state index contributed by atoms with van der Waals surface area (Å²) in [6.07, 6.45) is 5.43. The third-order valence-corrected chi connectivity index (χ3v) is 6.54. The van der Waals surface area contributed by atoms with Crippen molar-refractivity contribution < 1.29 is 4.79 Å². The largest absolute Gasteiger partial charge is 0.361 e. The Morgan fingerprint density at radius 2 is 1.83 bits per heavy atom. The molecule has 0 saturated heterocycles. The summed E-state index contributed by atoms with van der Waals surface area (Å²) < 4.78 is 0. The lowest BCUT2D eigenvalue weighted by Crippen LogP contribution is -2.38.